The van der Waals surface area contributed by atoms with Crippen molar-refractivity contribution in [1.29, 1.82) is 0 Å². The lowest BCUT2D eigenvalue weighted by molar-refractivity contribution is -0.114. The van der Waals surface area contributed by atoms with Crippen LogP contribution < -0.4 is 11.2 Å². The van der Waals surface area contributed by atoms with Gasteiger partial charge in [-0.25, -0.2) is 5.48 Å². The Morgan fingerprint density at radius 2 is 2.56 bits per heavy atom. The molecule has 0 saturated heterocycles. The van der Waals surface area contributed by atoms with Crippen LogP contribution in [0.1, 0.15) is 0 Å². The maximum atomic E-state index is 10.4. The van der Waals surface area contributed by atoms with E-state index in [1.54, 1.807) is 0 Å². The molecule has 0 aromatic heterocycles. The number of carbonyl (C=O) groups is 1. The van der Waals surface area contributed by atoms with Crippen LogP contribution in [-0.2, 0) is 9.63 Å². The number of nitrogens with one attached hydrogen (secondary N) is 1. The Kier molecular flexibility index (Phi) is 1.40. The molecule has 0 aliphatic carbocycles. The summed E-state index contributed by atoms with van der Waals surface area (Å²) in [5, 5.41) is 0. The molecule has 4 nitrogen and oxygen atoms in total. The van der Waals surface area contributed by atoms with E-state index in [1.165, 1.54) is 18.5 Å². The monoisotopic (exact) mass is 126 g/mol. The van der Waals surface area contributed by atoms with Gasteiger partial charge in [0.15, 0.2) is 0 Å². The normalized spacial score (nSPS) is 15.3. The SMILES string of the molecule is NC(=O)C1=CNOC=C1. The molecule has 48 valence electrons. The molecule has 0 saturated carbocycles. The van der Waals surface area contributed by atoms with Gasteiger partial charge in [0.25, 0.3) is 0 Å². The first-order valence-electron chi connectivity index (χ1n) is 2.38. The Bertz CT molecular complexity index is 183. The number of hydrogen-bond acceptors (Lipinski definition) is 3. The quantitative estimate of drug-likeness (QED) is 0.493. The van der Waals surface area contributed by atoms with Gasteiger partial charge in [-0.2, -0.15) is 0 Å². The summed E-state index contributed by atoms with van der Waals surface area (Å²) < 4.78 is 0. The maximum Gasteiger partial charge on any atom is 0.250 e. The first-order chi connectivity index (χ1) is 4.30. The molecule has 9 heavy (non-hydrogen) atoms. The van der Waals surface area contributed by atoms with Gasteiger partial charge in [0.05, 0.1) is 5.57 Å². The summed E-state index contributed by atoms with van der Waals surface area (Å²) in [6.45, 7) is 0. The number of carbonyl (C=O) groups excluding carboxylic acids is 1. The highest BCUT2D eigenvalue weighted by Crippen LogP contribution is 1.97. The van der Waals surface area contributed by atoms with Crippen LogP contribution in [0.2, 0.25) is 0 Å². The van der Waals surface area contributed by atoms with E-state index in [2.05, 4.69) is 10.3 Å². The summed E-state index contributed by atoms with van der Waals surface area (Å²) in [5.74, 6) is -0.470. The highest BCUT2D eigenvalue weighted by atomic mass is 16.6. The van der Waals surface area contributed by atoms with Crippen LogP contribution in [-0.4, -0.2) is 5.91 Å². The summed E-state index contributed by atoms with van der Waals surface area (Å²) in [6.07, 6.45) is 4.22. The van der Waals surface area contributed by atoms with E-state index in [0.29, 0.717) is 5.57 Å². The van der Waals surface area contributed by atoms with Gasteiger partial charge in [-0.05, 0) is 6.08 Å². The van der Waals surface area contributed by atoms with Gasteiger partial charge in [-0.3, -0.25) is 4.79 Å². The Balaban J connectivity index is 2.69. The summed E-state index contributed by atoms with van der Waals surface area (Å²) >= 11 is 0. The molecule has 3 N–H and O–H groups in total. The van der Waals surface area contributed by atoms with Gasteiger partial charge >= 0.3 is 0 Å². The first kappa shape index (κ1) is 5.68. The number of hydroxylamine groups is 1. The van der Waals surface area contributed by atoms with Crippen LogP contribution in [0.15, 0.2) is 24.1 Å². The first-order valence-corrected chi connectivity index (χ1v) is 2.38. The maximum absolute atomic E-state index is 10.4. The van der Waals surface area contributed by atoms with Gasteiger partial charge in [-0.1, -0.05) is 0 Å². The number of rotatable bonds is 1. The molecule has 1 rings (SSSR count). The van der Waals surface area contributed by atoms with E-state index in [9.17, 15) is 4.79 Å². The van der Waals surface area contributed by atoms with Crippen molar-refractivity contribution in [3.8, 4) is 0 Å². The molecule has 0 radical (unpaired) electrons. The highest BCUT2D eigenvalue weighted by molar-refractivity contribution is 5.94. The third kappa shape index (κ3) is 1.22. The lowest BCUT2D eigenvalue weighted by Crippen LogP contribution is -2.17. The minimum absolute atomic E-state index is 0.404. The Morgan fingerprint density at radius 1 is 1.78 bits per heavy atom. The number of nitrogens with two attached hydrogens (primary N) is 1. The standard InChI is InChI=1S/C5H6N2O2/c6-5(8)4-1-2-9-7-3-4/h1-3,7H,(H2,6,8). The summed E-state index contributed by atoms with van der Waals surface area (Å²) in [5.41, 5.74) is 7.68. The van der Waals surface area contributed by atoms with Crippen molar-refractivity contribution in [3.05, 3.63) is 24.1 Å². The zero-order valence-corrected chi connectivity index (χ0v) is 4.63. The number of amides is 1. The van der Waals surface area contributed by atoms with Gasteiger partial charge in [0, 0.05) is 6.20 Å². The van der Waals surface area contributed by atoms with Gasteiger partial charge in [-0.15, -0.1) is 0 Å². The second kappa shape index (κ2) is 2.21. The van der Waals surface area contributed by atoms with Crippen LogP contribution in [0.25, 0.3) is 0 Å². The fourth-order valence-corrected chi connectivity index (χ4v) is 0.445. The van der Waals surface area contributed by atoms with Crippen LogP contribution >= 0.6 is 0 Å². The lowest BCUT2D eigenvalue weighted by atomic mass is 10.3. The predicted molar refractivity (Wildman–Crippen MR) is 30.6 cm³/mol. The average Bonchev–Trinajstić information content (AvgIpc) is 1.90. The Hall–Kier alpha value is -1.45. The second-order valence-corrected chi connectivity index (χ2v) is 1.50. The van der Waals surface area contributed by atoms with E-state index >= 15 is 0 Å². The fraction of sp³-hybridized carbons (Fsp3) is 0. The van der Waals surface area contributed by atoms with Crippen molar-refractivity contribution >= 4 is 5.91 Å². The van der Waals surface area contributed by atoms with Crippen molar-refractivity contribution in [2.24, 2.45) is 5.73 Å². The smallest absolute Gasteiger partial charge is 0.250 e. The highest BCUT2D eigenvalue weighted by Gasteiger charge is 2.01. The molecular formula is C5H6N2O2. The van der Waals surface area contributed by atoms with Gasteiger partial charge in [0.2, 0.25) is 5.91 Å². The molecule has 0 spiro atoms. The molecule has 0 atom stereocenters. The van der Waals surface area contributed by atoms with Gasteiger partial charge in [0.1, 0.15) is 6.26 Å². The molecule has 0 aromatic carbocycles. The molecule has 0 fully saturated rings. The molecule has 1 aliphatic rings. The van der Waals surface area contributed by atoms with E-state index in [0.717, 1.165) is 0 Å². The zero-order chi connectivity index (χ0) is 6.69. The van der Waals surface area contributed by atoms with Crippen molar-refractivity contribution < 1.29 is 9.63 Å². The van der Waals surface area contributed by atoms with E-state index < -0.39 is 5.91 Å². The van der Waals surface area contributed by atoms with Crippen molar-refractivity contribution in [3.63, 3.8) is 0 Å². The zero-order valence-electron chi connectivity index (χ0n) is 4.63. The van der Waals surface area contributed by atoms with Crippen LogP contribution in [0, 0.1) is 0 Å². The second-order valence-electron chi connectivity index (χ2n) is 1.50. The van der Waals surface area contributed by atoms with Crippen LogP contribution in [0.4, 0.5) is 0 Å². The van der Waals surface area contributed by atoms with Crippen molar-refractivity contribution in [2.75, 3.05) is 0 Å². The third-order valence-electron chi connectivity index (χ3n) is 0.883. The van der Waals surface area contributed by atoms with Crippen molar-refractivity contribution in [2.45, 2.75) is 0 Å². The predicted octanol–water partition coefficient (Wildman–Crippen LogP) is -0.596. The number of hydrogen-bond donors (Lipinski definition) is 2. The largest absolute Gasteiger partial charge is 0.391 e. The minimum atomic E-state index is -0.470. The lowest BCUT2D eigenvalue weighted by Gasteiger charge is -2.04. The summed E-state index contributed by atoms with van der Waals surface area (Å²) in [7, 11) is 0. The summed E-state index contributed by atoms with van der Waals surface area (Å²) in [4.78, 5) is 14.9. The molecule has 4 heteroatoms. The van der Waals surface area contributed by atoms with Crippen LogP contribution in [0.5, 0.6) is 0 Å². The fourth-order valence-electron chi connectivity index (χ4n) is 0.445. The Morgan fingerprint density at radius 3 is 2.89 bits per heavy atom. The van der Waals surface area contributed by atoms with E-state index in [4.69, 9.17) is 5.73 Å². The molecule has 0 bridgehead atoms. The van der Waals surface area contributed by atoms with Crippen molar-refractivity contribution in [1.82, 2.24) is 5.48 Å². The van der Waals surface area contributed by atoms with Crippen LogP contribution in [0.3, 0.4) is 0 Å². The molecule has 0 aromatic rings. The average molecular weight is 126 g/mol. The molecule has 1 amide bonds. The third-order valence-corrected chi connectivity index (χ3v) is 0.883. The molecule has 1 aliphatic heterocycles. The number of primary amides is 1. The topological polar surface area (TPSA) is 64.4 Å². The minimum Gasteiger partial charge on any atom is -0.391 e. The summed E-state index contributed by atoms with van der Waals surface area (Å²) in [6, 6.07) is 0. The van der Waals surface area contributed by atoms with E-state index in [1.807, 2.05) is 0 Å². The molecular weight excluding hydrogens is 120 g/mol. The molecule has 0 unspecified atom stereocenters. The van der Waals surface area contributed by atoms with Gasteiger partial charge < -0.3 is 10.6 Å². The van der Waals surface area contributed by atoms with E-state index in [-0.39, 0.29) is 0 Å². The Labute approximate surface area is 51.9 Å². The molecule has 1 heterocycles.